The molecule has 1 aromatic carbocycles. The average Bonchev–Trinajstić information content (AvgIpc) is 3.50. The van der Waals surface area contributed by atoms with Crippen molar-refractivity contribution in [2.45, 2.75) is 12.8 Å². The Kier molecular flexibility index (Phi) is 3.96. The van der Waals surface area contributed by atoms with Crippen LogP contribution < -0.4 is 0 Å². The van der Waals surface area contributed by atoms with Gasteiger partial charge in [-0.2, -0.15) is 0 Å². The van der Waals surface area contributed by atoms with Crippen LogP contribution in [-0.4, -0.2) is 41.6 Å². The van der Waals surface area contributed by atoms with E-state index in [9.17, 15) is 19.2 Å². The van der Waals surface area contributed by atoms with Gasteiger partial charge in [-0.1, -0.05) is 42.5 Å². The van der Waals surface area contributed by atoms with E-state index < -0.39 is 5.97 Å². The first kappa shape index (κ1) is 17.3. The molecule has 1 aliphatic heterocycles. The van der Waals surface area contributed by atoms with E-state index >= 15 is 0 Å². The van der Waals surface area contributed by atoms with E-state index in [0.717, 1.165) is 6.42 Å². The van der Waals surface area contributed by atoms with Gasteiger partial charge in [-0.3, -0.25) is 24.1 Å². The summed E-state index contributed by atoms with van der Waals surface area (Å²) >= 11 is 0. The molecule has 2 bridgehead atoms. The van der Waals surface area contributed by atoms with Gasteiger partial charge < -0.3 is 4.74 Å². The Bertz CT molecular complexity index is 855. The molecule has 5 aliphatic rings. The van der Waals surface area contributed by atoms with Crippen molar-refractivity contribution in [1.29, 1.82) is 0 Å². The lowest BCUT2D eigenvalue weighted by Crippen LogP contribution is -2.40. The van der Waals surface area contributed by atoms with E-state index in [0.29, 0.717) is 17.4 Å². The van der Waals surface area contributed by atoms with Crippen molar-refractivity contribution in [2.24, 2.45) is 35.5 Å². The molecule has 0 N–H and O–H groups in total. The molecule has 0 spiro atoms. The van der Waals surface area contributed by atoms with Crippen LogP contribution in [0.25, 0.3) is 0 Å². The number of esters is 1. The highest BCUT2D eigenvalue weighted by Gasteiger charge is 2.66. The van der Waals surface area contributed by atoms with Crippen LogP contribution >= 0.6 is 0 Å². The van der Waals surface area contributed by atoms with Crippen LogP contribution in [0.4, 0.5) is 0 Å². The Hall–Kier alpha value is -2.76. The second-order valence-electron chi connectivity index (χ2n) is 8.18. The molecule has 3 fully saturated rings. The first-order valence-electron chi connectivity index (χ1n) is 9.83. The number of ether oxygens (including phenoxy) is 1. The topological polar surface area (TPSA) is 80.8 Å². The maximum Gasteiger partial charge on any atom is 0.308 e. The molecule has 1 heterocycles. The second kappa shape index (κ2) is 6.40. The van der Waals surface area contributed by atoms with Gasteiger partial charge in [0, 0.05) is 12.1 Å². The Balaban J connectivity index is 1.16. The first-order chi connectivity index (χ1) is 13.6. The number of amides is 2. The summed E-state index contributed by atoms with van der Waals surface area (Å²) in [5, 5.41) is 0. The average molecular weight is 379 g/mol. The number of ketones is 1. The number of Topliss-reactive ketones (excluding diaryl/α,β-unsaturated/α-hetero) is 1. The quantitative estimate of drug-likeness (QED) is 0.326. The predicted molar refractivity (Wildman–Crippen MR) is 97.8 cm³/mol. The molecule has 0 aromatic heterocycles. The Morgan fingerprint density at radius 3 is 2.18 bits per heavy atom. The third kappa shape index (κ3) is 2.62. The molecule has 1 saturated heterocycles. The predicted octanol–water partition coefficient (Wildman–Crippen LogP) is 1.86. The molecule has 0 unspecified atom stereocenters. The molecular weight excluding hydrogens is 358 g/mol. The third-order valence-electron chi connectivity index (χ3n) is 6.75. The normalized spacial score (nSPS) is 34.2. The Morgan fingerprint density at radius 2 is 1.57 bits per heavy atom. The van der Waals surface area contributed by atoms with Crippen molar-refractivity contribution in [1.82, 2.24) is 4.90 Å². The van der Waals surface area contributed by atoms with Crippen LogP contribution in [0, 0.1) is 35.5 Å². The fraction of sp³-hybridized carbons (Fsp3) is 0.455. The van der Waals surface area contributed by atoms with Gasteiger partial charge in [-0.05, 0) is 30.1 Å². The fourth-order valence-electron chi connectivity index (χ4n) is 5.37. The summed E-state index contributed by atoms with van der Waals surface area (Å²) in [4.78, 5) is 50.9. The molecular formula is C22H21NO5. The lowest BCUT2D eigenvalue weighted by atomic mass is 9.63. The van der Waals surface area contributed by atoms with Gasteiger partial charge in [0.05, 0.1) is 18.3 Å². The number of carbonyl (C=O) groups excluding carboxylic acids is 4. The van der Waals surface area contributed by atoms with E-state index in [1.807, 2.05) is 0 Å². The molecule has 4 aliphatic carbocycles. The number of benzene rings is 1. The standard InChI is InChI=1S/C22H21NO5/c24-17(12-4-2-1-3-5-12)11-28-18(25)8-9-23-21(26)19-13-6-7-14(16-10-15(13)16)20(19)22(23)27/h1-7,13-16,19-20H,8-11H2/t13-,14-,15-,16+,19-,20+/m0/s1. The van der Waals surface area contributed by atoms with Crippen LogP contribution in [0.15, 0.2) is 42.5 Å². The SMILES string of the molecule is O=C(CCN1C(=O)[C@@H]2[C@H]3C=C[C@@H]([C@@H]4C[C@H]34)[C@@H]2C1=O)OCC(=O)c1ccccc1. The molecule has 2 amide bonds. The molecule has 6 atom stereocenters. The lowest BCUT2D eigenvalue weighted by molar-refractivity contribution is -0.145. The zero-order chi connectivity index (χ0) is 19.4. The van der Waals surface area contributed by atoms with Gasteiger partial charge in [0.1, 0.15) is 0 Å². The molecule has 6 rings (SSSR count). The lowest BCUT2D eigenvalue weighted by Gasteiger charge is -2.37. The van der Waals surface area contributed by atoms with Crippen molar-refractivity contribution in [3.8, 4) is 0 Å². The van der Waals surface area contributed by atoms with Crippen LogP contribution in [0.5, 0.6) is 0 Å². The molecule has 1 aromatic rings. The Morgan fingerprint density at radius 1 is 0.964 bits per heavy atom. The van der Waals surface area contributed by atoms with Crippen molar-refractivity contribution >= 4 is 23.6 Å². The zero-order valence-corrected chi connectivity index (χ0v) is 15.3. The minimum absolute atomic E-state index is 0.0256. The fourth-order valence-corrected chi connectivity index (χ4v) is 5.37. The highest BCUT2D eigenvalue weighted by molar-refractivity contribution is 6.06. The summed E-state index contributed by atoms with van der Waals surface area (Å²) in [6.45, 7) is -0.314. The molecule has 28 heavy (non-hydrogen) atoms. The summed E-state index contributed by atoms with van der Waals surface area (Å²) in [6.07, 6.45) is 5.28. The summed E-state index contributed by atoms with van der Waals surface area (Å²) in [5.74, 6) is -0.180. The zero-order valence-electron chi connectivity index (χ0n) is 15.3. The first-order valence-corrected chi connectivity index (χ1v) is 9.83. The summed E-state index contributed by atoms with van der Waals surface area (Å²) in [6, 6.07) is 8.60. The number of hydrogen-bond acceptors (Lipinski definition) is 5. The molecule has 6 nitrogen and oxygen atoms in total. The smallest absolute Gasteiger partial charge is 0.308 e. The summed E-state index contributed by atoms with van der Waals surface area (Å²) in [5.41, 5.74) is 0.478. The molecule has 144 valence electrons. The van der Waals surface area contributed by atoms with E-state index in [1.54, 1.807) is 30.3 Å². The van der Waals surface area contributed by atoms with E-state index in [2.05, 4.69) is 12.2 Å². The van der Waals surface area contributed by atoms with Crippen LogP contribution in [-0.2, 0) is 19.1 Å². The van der Waals surface area contributed by atoms with Crippen molar-refractivity contribution in [3.63, 3.8) is 0 Å². The number of allylic oxidation sites excluding steroid dienone is 2. The van der Waals surface area contributed by atoms with Crippen LogP contribution in [0.1, 0.15) is 23.2 Å². The second-order valence-corrected chi connectivity index (χ2v) is 8.18. The minimum atomic E-state index is -0.580. The number of carbonyl (C=O) groups is 4. The van der Waals surface area contributed by atoms with Crippen LogP contribution in [0.2, 0.25) is 0 Å². The van der Waals surface area contributed by atoms with Gasteiger partial charge in [0.2, 0.25) is 11.8 Å². The van der Waals surface area contributed by atoms with Crippen LogP contribution in [0.3, 0.4) is 0 Å². The van der Waals surface area contributed by atoms with Gasteiger partial charge >= 0.3 is 5.97 Å². The van der Waals surface area contributed by atoms with E-state index in [-0.39, 0.29) is 60.8 Å². The number of nitrogens with zero attached hydrogens (tertiary/aromatic N) is 1. The van der Waals surface area contributed by atoms with Crippen molar-refractivity contribution in [3.05, 3.63) is 48.0 Å². The molecule has 2 saturated carbocycles. The monoisotopic (exact) mass is 379 g/mol. The van der Waals surface area contributed by atoms with Gasteiger partial charge in [0.15, 0.2) is 12.4 Å². The van der Waals surface area contributed by atoms with Crippen molar-refractivity contribution < 1.29 is 23.9 Å². The highest BCUT2D eigenvalue weighted by Crippen LogP contribution is 2.65. The number of imide groups is 1. The summed E-state index contributed by atoms with van der Waals surface area (Å²) < 4.78 is 5.04. The number of likely N-dealkylation sites (tertiary alicyclic amines) is 1. The third-order valence-corrected chi connectivity index (χ3v) is 6.75. The molecule has 6 heteroatoms. The maximum absolute atomic E-state index is 12.8. The van der Waals surface area contributed by atoms with Gasteiger partial charge in [0.25, 0.3) is 0 Å². The highest BCUT2D eigenvalue weighted by atomic mass is 16.5. The van der Waals surface area contributed by atoms with Crippen molar-refractivity contribution in [2.75, 3.05) is 13.2 Å². The number of rotatable bonds is 6. The summed E-state index contributed by atoms with van der Waals surface area (Å²) in [7, 11) is 0. The largest absolute Gasteiger partial charge is 0.457 e. The maximum atomic E-state index is 12.8. The van der Waals surface area contributed by atoms with Gasteiger partial charge in [-0.15, -0.1) is 0 Å². The van der Waals surface area contributed by atoms with E-state index in [1.165, 1.54) is 4.90 Å². The van der Waals surface area contributed by atoms with E-state index in [4.69, 9.17) is 4.74 Å². The number of hydrogen-bond donors (Lipinski definition) is 0. The molecule has 0 radical (unpaired) electrons. The Labute approximate surface area is 162 Å². The van der Waals surface area contributed by atoms with Gasteiger partial charge in [-0.25, -0.2) is 0 Å². The minimum Gasteiger partial charge on any atom is -0.457 e.